The van der Waals surface area contributed by atoms with Crippen LogP contribution in [0.4, 0.5) is 0 Å². The molecule has 4 heteroatoms. The van der Waals surface area contributed by atoms with Crippen molar-refractivity contribution in [1.82, 2.24) is 9.97 Å². The molecule has 0 unspecified atom stereocenters. The van der Waals surface area contributed by atoms with Gasteiger partial charge in [-0.1, -0.05) is 18.2 Å². The zero-order valence-electron chi connectivity index (χ0n) is 9.96. The van der Waals surface area contributed by atoms with Gasteiger partial charge in [0.15, 0.2) is 0 Å². The lowest BCUT2D eigenvalue weighted by Gasteiger charge is -1.98. The summed E-state index contributed by atoms with van der Waals surface area (Å²) in [6.45, 7) is 0. The van der Waals surface area contributed by atoms with Gasteiger partial charge in [-0.2, -0.15) is 0 Å². The lowest BCUT2D eigenvalue weighted by molar-refractivity contribution is 1.34. The van der Waals surface area contributed by atoms with Crippen molar-refractivity contribution < 1.29 is 0 Å². The summed E-state index contributed by atoms with van der Waals surface area (Å²) in [6, 6.07) is 14.9. The first kappa shape index (κ1) is 11.0. The van der Waals surface area contributed by atoms with E-state index in [0.29, 0.717) is 0 Å². The molecule has 3 aromatic heterocycles. The standard InChI is InChI=1S/C15H10N2S2/c1-3-10(15-11(4-1)16-9-17-15)12-6-7-14(19-12)13-5-2-8-18-13/h1-9H,(H,16,17). The van der Waals surface area contributed by atoms with Crippen LogP contribution in [0, 0.1) is 0 Å². The van der Waals surface area contributed by atoms with Crippen molar-refractivity contribution in [1.29, 1.82) is 0 Å². The van der Waals surface area contributed by atoms with Crippen LogP contribution >= 0.6 is 22.7 Å². The zero-order valence-corrected chi connectivity index (χ0v) is 11.6. The summed E-state index contributed by atoms with van der Waals surface area (Å²) in [7, 11) is 0. The SMILES string of the molecule is c1csc(-c2ccc(-c3cccc4[nH]cnc34)s2)c1. The summed E-state index contributed by atoms with van der Waals surface area (Å²) < 4.78 is 0. The van der Waals surface area contributed by atoms with Crippen LogP contribution in [0.1, 0.15) is 0 Å². The minimum atomic E-state index is 1.04. The number of imidazole rings is 1. The normalized spacial score (nSPS) is 11.2. The van der Waals surface area contributed by atoms with Crippen molar-refractivity contribution >= 4 is 33.7 Å². The molecule has 0 fully saturated rings. The highest BCUT2D eigenvalue weighted by molar-refractivity contribution is 7.23. The third kappa shape index (κ3) is 1.80. The van der Waals surface area contributed by atoms with Crippen LogP contribution in [0.15, 0.2) is 54.2 Å². The minimum Gasteiger partial charge on any atom is -0.345 e. The zero-order chi connectivity index (χ0) is 12.7. The third-order valence-electron chi connectivity index (χ3n) is 3.09. The molecule has 4 aromatic rings. The number of fused-ring (bicyclic) bond motifs is 1. The van der Waals surface area contributed by atoms with Gasteiger partial charge in [0.2, 0.25) is 0 Å². The molecule has 0 spiro atoms. The maximum absolute atomic E-state index is 4.42. The third-order valence-corrected chi connectivity index (χ3v) is 5.27. The molecule has 0 aliphatic rings. The Morgan fingerprint density at radius 3 is 2.74 bits per heavy atom. The van der Waals surface area contributed by atoms with Crippen LogP contribution in [-0.4, -0.2) is 9.97 Å². The van der Waals surface area contributed by atoms with E-state index in [9.17, 15) is 0 Å². The molecule has 1 N–H and O–H groups in total. The molecule has 0 atom stereocenters. The average molecular weight is 282 g/mol. The molecule has 3 heterocycles. The number of para-hydroxylation sites is 1. The predicted octanol–water partition coefficient (Wildman–Crippen LogP) is 5.02. The average Bonchev–Trinajstić information content (AvgIpc) is 3.18. The number of nitrogens with zero attached hydrogens (tertiary/aromatic N) is 1. The van der Waals surface area contributed by atoms with Gasteiger partial charge < -0.3 is 4.98 Å². The number of nitrogens with one attached hydrogen (secondary N) is 1. The topological polar surface area (TPSA) is 28.7 Å². The van der Waals surface area contributed by atoms with Gasteiger partial charge in [-0.25, -0.2) is 4.98 Å². The number of hydrogen-bond acceptors (Lipinski definition) is 3. The van der Waals surface area contributed by atoms with Gasteiger partial charge in [0.05, 0.1) is 17.4 Å². The fourth-order valence-electron chi connectivity index (χ4n) is 2.20. The van der Waals surface area contributed by atoms with E-state index in [1.165, 1.54) is 20.2 Å². The molecule has 19 heavy (non-hydrogen) atoms. The van der Waals surface area contributed by atoms with Crippen molar-refractivity contribution in [3.63, 3.8) is 0 Å². The van der Waals surface area contributed by atoms with Crippen LogP contribution in [0.5, 0.6) is 0 Å². The first-order valence-electron chi connectivity index (χ1n) is 5.98. The van der Waals surface area contributed by atoms with Gasteiger partial charge in [-0.3, -0.25) is 0 Å². The second kappa shape index (κ2) is 4.33. The Labute approximate surface area is 118 Å². The van der Waals surface area contributed by atoms with E-state index in [2.05, 4.69) is 57.8 Å². The quantitative estimate of drug-likeness (QED) is 0.549. The molecule has 92 valence electrons. The largest absolute Gasteiger partial charge is 0.345 e. The molecule has 0 radical (unpaired) electrons. The van der Waals surface area contributed by atoms with Gasteiger partial charge in [0.1, 0.15) is 0 Å². The predicted molar refractivity (Wildman–Crippen MR) is 82.7 cm³/mol. The highest BCUT2D eigenvalue weighted by atomic mass is 32.1. The van der Waals surface area contributed by atoms with Gasteiger partial charge >= 0.3 is 0 Å². The number of thiophene rings is 2. The fourth-order valence-corrected chi connectivity index (χ4v) is 4.06. The van der Waals surface area contributed by atoms with E-state index >= 15 is 0 Å². The number of H-pyrrole nitrogens is 1. The number of rotatable bonds is 2. The molecule has 2 nitrogen and oxygen atoms in total. The van der Waals surface area contributed by atoms with Gasteiger partial charge in [0.25, 0.3) is 0 Å². The molecule has 0 saturated carbocycles. The molecule has 0 aliphatic heterocycles. The summed E-state index contributed by atoms with van der Waals surface area (Å²) >= 11 is 3.60. The highest BCUT2D eigenvalue weighted by Crippen LogP contribution is 2.38. The summed E-state index contributed by atoms with van der Waals surface area (Å²) in [5.41, 5.74) is 3.33. The van der Waals surface area contributed by atoms with Crippen LogP contribution in [0.2, 0.25) is 0 Å². The molecule has 0 amide bonds. The maximum Gasteiger partial charge on any atom is 0.0968 e. The van der Waals surface area contributed by atoms with Gasteiger partial charge in [0, 0.05) is 20.2 Å². The second-order valence-corrected chi connectivity index (χ2v) is 6.28. The Morgan fingerprint density at radius 2 is 1.84 bits per heavy atom. The van der Waals surface area contributed by atoms with Crippen molar-refractivity contribution in [3.05, 3.63) is 54.2 Å². The number of benzene rings is 1. The fraction of sp³-hybridized carbons (Fsp3) is 0. The summed E-state index contributed by atoms with van der Waals surface area (Å²) in [5, 5.41) is 2.11. The Bertz CT molecular complexity index is 825. The van der Waals surface area contributed by atoms with E-state index in [1.54, 1.807) is 17.7 Å². The van der Waals surface area contributed by atoms with Crippen molar-refractivity contribution in [2.45, 2.75) is 0 Å². The first-order chi connectivity index (χ1) is 9.42. The smallest absolute Gasteiger partial charge is 0.0968 e. The van der Waals surface area contributed by atoms with Gasteiger partial charge in [-0.05, 0) is 29.6 Å². The molecule has 0 saturated heterocycles. The Kier molecular flexibility index (Phi) is 2.50. The Balaban J connectivity index is 1.87. The van der Waals surface area contributed by atoms with Gasteiger partial charge in [-0.15, -0.1) is 22.7 Å². The molecule has 0 aliphatic carbocycles. The van der Waals surface area contributed by atoms with Crippen LogP contribution < -0.4 is 0 Å². The monoisotopic (exact) mass is 282 g/mol. The van der Waals surface area contributed by atoms with Crippen LogP contribution in [0.25, 0.3) is 31.2 Å². The molecule has 4 rings (SSSR count). The van der Waals surface area contributed by atoms with Crippen molar-refractivity contribution in [3.8, 4) is 20.2 Å². The lowest BCUT2D eigenvalue weighted by atomic mass is 10.1. The Morgan fingerprint density at radius 1 is 0.895 bits per heavy atom. The molecule has 1 aromatic carbocycles. The lowest BCUT2D eigenvalue weighted by Crippen LogP contribution is -1.75. The summed E-state index contributed by atoms with van der Waals surface area (Å²) in [4.78, 5) is 11.5. The van der Waals surface area contributed by atoms with E-state index in [0.717, 1.165) is 11.0 Å². The van der Waals surface area contributed by atoms with E-state index in [1.807, 2.05) is 11.3 Å². The number of hydrogen-bond donors (Lipinski definition) is 1. The molecular formula is C15H10N2S2. The van der Waals surface area contributed by atoms with Crippen LogP contribution in [0.3, 0.4) is 0 Å². The van der Waals surface area contributed by atoms with E-state index in [4.69, 9.17) is 0 Å². The second-order valence-electron chi connectivity index (χ2n) is 4.25. The van der Waals surface area contributed by atoms with Crippen molar-refractivity contribution in [2.75, 3.05) is 0 Å². The summed E-state index contributed by atoms with van der Waals surface area (Å²) in [6.07, 6.45) is 1.75. The number of aromatic amines is 1. The van der Waals surface area contributed by atoms with E-state index in [-0.39, 0.29) is 0 Å². The number of aromatic nitrogens is 2. The Hall–Kier alpha value is -1.91. The summed E-state index contributed by atoms with van der Waals surface area (Å²) in [5.74, 6) is 0. The molecule has 0 bridgehead atoms. The minimum absolute atomic E-state index is 1.04. The first-order valence-corrected chi connectivity index (χ1v) is 7.67. The van der Waals surface area contributed by atoms with Crippen molar-refractivity contribution in [2.24, 2.45) is 0 Å². The van der Waals surface area contributed by atoms with E-state index < -0.39 is 0 Å². The van der Waals surface area contributed by atoms with Crippen LogP contribution in [-0.2, 0) is 0 Å². The molecular weight excluding hydrogens is 272 g/mol. The highest BCUT2D eigenvalue weighted by Gasteiger charge is 2.09. The maximum atomic E-state index is 4.42.